The molecule has 0 bridgehead atoms. The number of nitrogens with one attached hydrogen (secondary N) is 3. The number of amides is 3. The van der Waals surface area contributed by atoms with E-state index in [1.807, 2.05) is 0 Å². The molecule has 1 fully saturated rings. The summed E-state index contributed by atoms with van der Waals surface area (Å²) in [5, 5.41) is 14.8. The lowest BCUT2D eigenvalue weighted by molar-refractivity contribution is -0.138. The molecule has 0 saturated carbocycles. The SMILES string of the molecule is CCCCCCCC(=O)NCC(=O)N1CCCC1C(=O)NCc1cc(C(=N)N)cs1. The summed E-state index contributed by atoms with van der Waals surface area (Å²) < 4.78 is 0. The van der Waals surface area contributed by atoms with Gasteiger partial charge in [0.15, 0.2) is 0 Å². The predicted octanol–water partition coefficient (Wildman–Crippen LogP) is 2.12. The Morgan fingerprint density at radius 2 is 2.00 bits per heavy atom. The Kier molecular flexibility index (Phi) is 9.79. The summed E-state index contributed by atoms with van der Waals surface area (Å²) in [6.45, 7) is 2.95. The second-order valence-corrected chi connectivity index (χ2v) is 8.62. The highest BCUT2D eigenvalue weighted by atomic mass is 32.1. The van der Waals surface area contributed by atoms with Crippen molar-refractivity contribution in [2.24, 2.45) is 5.73 Å². The smallest absolute Gasteiger partial charge is 0.243 e. The molecule has 1 aromatic heterocycles. The van der Waals surface area contributed by atoms with Crippen molar-refractivity contribution in [1.29, 1.82) is 5.41 Å². The van der Waals surface area contributed by atoms with Crippen LogP contribution in [0.1, 0.15) is 68.7 Å². The fourth-order valence-electron chi connectivity index (χ4n) is 3.50. The maximum absolute atomic E-state index is 12.6. The molecule has 166 valence electrons. The van der Waals surface area contributed by atoms with Crippen molar-refractivity contribution < 1.29 is 14.4 Å². The third kappa shape index (κ3) is 7.44. The minimum Gasteiger partial charge on any atom is -0.384 e. The molecule has 30 heavy (non-hydrogen) atoms. The van der Waals surface area contributed by atoms with Crippen LogP contribution in [0.15, 0.2) is 11.4 Å². The van der Waals surface area contributed by atoms with Crippen molar-refractivity contribution in [2.75, 3.05) is 13.1 Å². The number of hydrogen-bond donors (Lipinski definition) is 4. The molecule has 1 aliphatic rings. The Morgan fingerprint density at radius 3 is 2.70 bits per heavy atom. The third-order valence-corrected chi connectivity index (χ3v) is 6.16. The number of carbonyl (C=O) groups excluding carboxylic acids is 3. The van der Waals surface area contributed by atoms with Crippen LogP contribution in [-0.4, -0.2) is 47.6 Å². The first kappa shape index (κ1) is 23.9. The predicted molar refractivity (Wildman–Crippen MR) is 118 cm³/mol. The Bertz CT molecular complexity index is 749. The van der Waals surface area contributed by atoms with E-state index < -0.39 is 6.04 Å². The average Bonchev–Trinajstić information content (AvgIpc) is 3.40. The number of unbranched alkanes of at least 4 members (excludes halogenated alkanes) is 4. The summed E-state index contributed by atoms with van der Waals surface area (Å²) in [5.74, 6) is -0.527. The maximum atomic E-state index is 12.6. The maximum Gasteiger partial charge on any atom is 0.243 e. The van der Waals surface area contributed by atoms with Gasteiger partial charge in [0.05, 0.1) is 13.1 Å². The van der Waals surface area contributed by atoms with Crippen molar-refractivity contribution >= 4 is 34.9 Å². The Hall–Kier alpha value is -2.42. The van der Waals surface area contributed by atoms with Crippen LogP contribution >= 0.6 is 11.3 Å². The number of thiophene rings is 1. The van der Waals surface area contributed by atoms with Crippen LogP contribution in [0.4, 0.5) is 0 Å². The van der Waals surface area contributed by atoms with Gasteiger partial charge in [0.1, 0.15) is 11.9 Å². The molecule has 2 rings (SSSR count). The molecular weight excluding hydrogens is 402 g/mol. The van der Waals surface area contributed by atoms with Gasteiger partial charge in [0.25, 0.3) is 0 Å². The molecule has 2 heterocycles. The zero-order chi connectivity index (χ0) is 21.9. The van der Waals surface area contributed by atoms with Gasteiger partial charge in [-0.2, -0.15) is 0 Å². The molecule has 0 aromatic carbocycles. The van der Waals surface area contributed by atoms with E-state index in [1.54, 1.807) is 16.3 Å². The molecule has 3 amide bonds. The van der Waals surface area contributed by atoms with E-state index in [2.05, 4.69) is 17.6 Å². The molecule has 0 aliphatic carbocycles. The van der Waals surface area contributed by atoms with Crippen molar-refractivity contribution in [3.05, 3.63) is 21.9 Å². The number of carbonyl (C=O) groups is 3. The summed E-state index contributed by atoms with van der Waals surface area (Å²) >= 11 is 1.43. The van der Waals surface area contributed by atoms with E-state index >= 15 is 0 Å². The normalized spacial score (nSPS) is 15.8. The summed E-state index contributed by atoms with van der Waals surface area (Å²) in [4.78, 5) is 39.5. The van der Waals surface area contributed by atoms with Gasteiger partial charge in [-0.05, 0) is 25.3 Å². The first-order valence-corrected chi connectivity index (χ1v) is 11.6. The van der Waals surface area contributed by atoms with Gasteiger partial charge in [-0.3, -0.25) is 19.8 Å². The Morgan fingerprint density at radius 1 is 1.23 bits per heavy atom. The largest absolute Gasteiger partial charge is 0.384 e. The average molecular weight is 436 g/mol. The number of nitrogens with two attached hydrogens (primary N) is 1. The highest BCUT2D eigenvalue weighted by Crippen LogP contribution is 2.19. The number of amidine groups is 1. The van der Waals surface area contributed by atoms with Crippen molar-refractivity contribution in [3.63, 3.8) is 0 Å². The fourth-order valence-corrected chi connectivity index (χ4v) is 4.32. The molecule has 9 heteroatoms. The van der Waals surface area contributed by atoms with Gasteiger partial charge in [0.2, 0.25) is 17.7 Å². The van der Waals surface area contributed by atoms with E-state index in [0.717, 1.165) is 37.0 Å². The van der Waals surface area contributed by atoms with Crippen molar-refractivity contribution in [1.82, 2.24) is 15.5 Å². The second-order valence-electron chi connectivity index (χ2n) is 7.62. The summed E-state index contributed by atoms with van der Waals surface area (Å²) in [6, 6.07) is 1.28. The van der Waals surface area contributed by atoms with Crippen LogP contribution in [-0.2, 0) is 20.9 Å². The number of nitrogen functional groups attached to an aromatic ring is 1. The molecule has 1 saturated heterocycles. The number of nitrogens with zero attached hydrogens (tertiary/aromatic N) is 1. The van der Waals surface area contributed by atoms with Gasteiger partial charge in [-0.25, -0.2) is 0 Å². The zero-order valence-electron chi connectivity index (χ0n) is 17.7. The summed E-state index contributed by atoms with van der Waals surface area (Å²) in [5.41, 5.74) is 6.10. The molecule has 0 spiro atoms. The second kappa shape index (κ2) is 12.3. The van der Waals surface area contributed by atoms with E-state index in [1.165, 1.54) is 17.8 Å². The van der Waals surface area contributed by atoms with Gasteiger partial charge in [-0.15, -0.1) is 11.3 Å². The van der Waals surface area contributed by atoms with Crippen LogP contribution in [0.2, 0.25) is 0 Å². The third-order valence-electron chi connectivity index (χ3n) is 5.22. The van der Waals surface area contributed by atoms with E-state index in [4.69, 9.17) is 11.1 Å². The first-order chi connectivity index (χ1) is 14.4. The molecule has 1 atom stereocenters. The van der Waals surface area contributed by atoms with Gasteiger partial charge in [0, 0.05) is 28.8 Å². The van der Waals surface area contributed by atoms with E-state index in [0.29, 0.717) is 31.5 Å². The van der Waals surface area contributed by atoms with Crippen LogP contribution in [0, 0.1) is 5.41 Å². The molecule has 1 aliphatic heterocycles. The highest BCUT2D eigenvalue weighted by Gasteiger charge is 2.33. The van der Waals surface area contributed by atoms with Gasteiger partial charge < -0.3 is 21.3 Å². The molecule has 1 unspecified atom stereocenters. The minimum absolute atomic E-state index is 0.000558. The Labute approximate surface area is 182 Å². The topological polar surface area (TPSA) is 128 Å². The molecule has 0 radical (unpaired) electrons. The summed E-state index contributed by atoms with van der Waals surface area (Å²) in [6.07, 6.45) is 7.17. The number of hydrogen-bond acceptors (Lipinski definition) is 5. The van der Waals surface area contributed by atoms with Crippen molar-refractivity contribution in [3.8, 4) is 0 Å². The number of likely N-dealkylation sites (tertiary alicyclic amines) is 1. The lowest BCUT2D eigenvalue weighted by Gasteiger charge is -2.24. The van der Waals surface area contributed by atoms with Crippen LogP contribution < -0.4 is 16.4 Å². The lowest BCUT2D eigenvalue weighted by atomic mass is 10.1. The van der Waals surface area contributed by atoms with Crippen LogP contribution in [0.25, 0.3) is 0 Å². The molecule has 8 nitrogen and oxygen atoms in total. The summed E-state index contributed by atoms with van der Waals surface area (Å²) in [7, 11) is 0. The van der Waals surface area contributed by atoms with Crippen molar-refractivity contribution in [2.45, 2.75) is 70.9 Å². The minimum atomic E-state index is -0.504. The van der Waals surface area contributed by atoms with Gasteiger partial charge >= 0.3 is 0 Å². The fraction of sp³-hybridized carbons (Fsp3) is 0.619. The van der Waals surface area contributed by atoms with Crippen LogP contribution in [0.3, 0.4) is 0 Å². The zero-order valence-corrected chi connectivity index (χ0v) is 18.5. The number of rotatable bonds is 12. The highest BCUT2D eigenvalue weighted by molar-refractivity contribution is 7.10. The monoisotopic (exact) mass is 435 g/mol. The first-order valence-electron chi connectivity index (χ1n) is 10.7. The van der Waals surface area contributed by atoms with E-state index in [9.17, 15) is 14.4 Å². The van der Waals surface area contributed by atoms with E-state index in [-0.39, 0.29) is 30.1 Å². The van der Waals surface area contributed by atoms with Crippen LogP contribution in [0.5, 0.6) is 0 Å². The molecule has 5 N–H and O–H groups in total. The van der Waals surface area contributed by atoms with Gasteiger partial charge in [-0.1, -0.05) is 32.6 Å². The molecule has 1 aromatic rings. The standard InChI is InChI=1S/C21H33N5O3S/c1-2-3-4-5-6-9-18(27)24-13-19(28)26-10-7-8-17(26)21(29)25-12-16-11-15(14-30-16)20(22)23/h11,14,17H,2-10,12-13H2,1H3,(H3,22,23)(H,24,27)(H,25,29). The molecular formula is C21H33N5O3S. The quantitative estimate of drug-likeness (QED) is 0.228. The lowest BCUT2D eigenvalue weighted by Crippen LogP contribution is -2.48. The Balaban J connectivity index is 1.73.